The standard InChI is InChI=1S/C27H25N3O2S/c1-2-3-12-24-28-22-10-6-7-11-23(22)30(24)17-18-13-15-19(16-14-18)20-8-4-5-9-21(20)25-26(31)29-27(32)33-25/h4-11,13-16,31H,2-3,12,17H2,1H3,(H,29,32). The SMILES string of the molecule is CCCCc1nc2ccccc2n1Cc1ccc(-c2ccccc2-c2sc(=O)[nH]c2O)cc1. The second-order valence-electron chi connectivity index (χ2n) is 8.14. The van der Waals surface area contributed by atoms with Crippen molar-refractivity contribution in [3.8, 4) is 27.4 Å². The molecule has 6 heteroatoms. The molecule has 0 aliphatic carbocycles. The van der Waals surface area contributed by atoms with Crippen molar-refractivity contribution >= 4 is 22.4 Å². The van der Waals surface area contributed by atoms with Gasteiger partial charge < -0.3 is 9.67 Å². The molecule has 5 nitrogen and oxygen atoms in total. The highest BCUT2D eigenvalue weighted by Gasteiger charge is 2.15. The van der Waals surface area contributed by atoms with Crippen molar-refractivity contribution < 1.29 is 5.11 Å². The van der Waals surface area contributed by atoms with Crippen LogP contribution in [0.5, 0.6) is 5.88 Å². The molecule has 0 atom stereocenters. The van der Waals surface area contributed by atoms with Gasteiger partial charge in [0.05, 0.1) is 11.0 Å². The number of hydrogen-bond donors (Lipinski definition) is 2. The summed E-state index contributed by atoms with van der Waals surface area (Å²) in [5.74, 6) is 1.05. The van der Waals surface area contributed by atoms with Crippen LogP contribution < -0.4 is 4.87 Å². The molecule has 2 N–H and O–H groups in total. The molecule has 5 rings (SSSR count). The Balaban J connectivity index is 1.48. The normalized spacial score (nSPS) is 11.3. The molecule has 0 unspecified atom stereocenters. The lowest BCUT2D eigenvalue weighted by molar-refractivity contribution is 0.458. The summed E-state index contributed by atoms with van der Waals surface area (Å²) in [5.41, 5.74) is 6.26. The van der Waals surface area contributed by atoms with E-state index in [9.17, 15) is 9.90 Å². The van der Waals surface area contributed by atoms with Crippen molar-refractivity contribution in [3.05, 3.63) is 93.9 Å². The van der Waals surface area contributed by atoms with Gasteiger partial charge in [0.2, 0.25) is 5.88 Å². The summed E-state index contributed by atoms with van der Waals surface area (Å²) in [6.07, 6.45) is 3.24. The number of para-hydroxylation sites is 2. The van der Waals surface area contributed by atoms with Gasteiger partial charge in [-0.25, -0.2) is 4.98 Å². The molecule has 5 aromatic rings. The molecule has 0 saturated carbocycles. The van der Waals surface area contributed by atoms with E-state index in [0.29, 0.717) is 4.88 Å². The molecule has 0 bridgehead atoms. The van der Waals surface area contributed by atoms with Gasteiger partial charge in [0.1, 0.15) is 10.7 Å². The van der Waals surface area contributed by atoms with Crippen molar-refractivity contribution in [3.63, 3.8) is 0 Å². The molecule has 2 heterocycles. The summed E-state index contributed by atoms with van der Waals surface area (Å²) in [6.45, 7) is 2.97. The van der Waals surface area contributed by atoms with Crippen LogP contribution in [-0.4, -0.2) is 19.6 Å². The Bertz CT molecular complexity index is 1460. The molecule has 0 spiro atoms. The van der Waals surface area contributed by atoms with E-state index in [4.69, 9.17) is 4.98 Å². The highest BCUT2D eigenvalue weighted by atomic mass is 32.1. The third-order valence-electron chi connectivity index (χ3n) is 5.90. The minimum atomic E-state index is -0.265. The Labute approximate surface area is 196 Å². The van der Waals surface area contributed by atoms with Gasteiger partial charge in [-0.1, -0.05) is 85.3 Å². The zero-order chi connectivity index (χ0) is 22.8. The molecular formula is C27H25N3O2S. The van der Waals surface area contributed by atoms with E-state index in [1.165, 1.54) is 5.56 Å². The Morgan fingerprint density at radius 1 is 0.970 bits per heavy atom. The third-order valence-corrected chi connectivity index (χ3v) is 6.80. The number of aromatic hydroxyl groups is 1. The number of aromatic amines is 1. The first kappa shape index (κ1) is 21.2. The number of fused-ring (bicyclic) bond motifs is 1. The molecule has 0 saturated heterocycles. The van der Waals surface area contributed by atoms with E-state index in [-0.39, 0.29) is 10.8 Å². The van der Waals surface area contributed by atoms with Crippen LogP contribution in [0.25, 0.3) is 32.6 Å². The lowest BCUT2D eigenvalue weighted by atomic mass is 9.98. The number of aromatic nitrogens is 3. The molecule has 0 aliphatic heterocycles. The van der Waals surface area contributed by atoms with E-state index in [1.807, 2.05) is 30.3 Å². The molecule has 0 fully saturated rings. The van der Waals surface area contributed by atoms with E-state index < -0.39 is 0 Å². The Morgan fingerprint density at radius 3 is 2.42 bits per heavy atom. The molecule has 0 aliphatic rings. The molecule has 33 heavy (non-hydrogen) atoms. The van der Waals surface area contributed by atoms with Crippen molar-refractivity contribution in [2.75, 3.05) is 0 Å². The highest BCUT2D eigenvalue weighted by Crippen LogP contribution is 2.37. The summed E-state index contributed by atoms with van der Waals surface area (Å²) in [4.78, 5) is 19.3. The van der Waals surface area contributed by atoms with Crippen LogP contribution in [0.2, 0.25) is 0 Å². The number of nitrogens with one attached hydrogen (secondary N) is 1. The minimum absolute atomic E-state index is 0.0827. The number of unbranched alkanes of at least 4 members (excludes halogenated alkanes) is 1. The topological polar surface area (TPSA) is 70.9 Å². The van der Waals surface area contributed by atoms with Crippen LogP contribution >= 0.6 is 11.3 Å². The average Bonchev–Trinajstić information content (AvgIpc) is 3.36. The van der Waals surface area contributed by atoms with Gasteiger partial charge in [-0.2, -0.15) is 0 Å². The number of thiazole rings is 1. The maximum absolute atomic E-state index is 11.7. The minimum Gasteiger partial charge on any atom is -0.493 e. The van der Waals surface area contributed by atoms with E-state index in [2.05, 4.69) is 58.9 Å². The van der Waals surface area contributed by atoms with Gasteiger partial charge in [0.25, 0.3) is 0 Å². The number of H-pyrrole nitrogens is 1. The van der Waals surface area contributed by atoms with Gasteiger partial charge in [-0.05, 0) is 35.2 Å². The maximum Gasteiger partial charge on any atom is 0.307 e. The van der Waals surface area contributed by atoms with Gasteiger partial charge in [-0.15, -0.1) is 0 Å². The van der Waals surface area contributed by atoms with Crippen molar-refractivity contribution in [1.29, 1.82) is 0 Å². The predicted octanol–water partition coefficient (Wildman–Crippen LogP) is 6.22. The Kier molecular flexibility index (Phi) is 5.84. The lowest BCUT2D eigenvalue weighted by Gasteiger charge is -2.12. The zero-order valence-electron chi connectivity index (χ0n) is 18.4. The first-order valence-corrected chi connectivity index (χ1v) is 12.0. The molecular weight excluding hydrogens is 430 g/mol. The summed E-state index contributed by atoms with van der Waals surface area (Å²) in [5, 5.41) is 10.2. The first-order valence-electron chi connectivity index (χ1n) is 11.2. The lowest BCUT2D eigenvalue weighted by Crippen LogP contribution is -2.05. The average molecular weight is 456 g/mol. The van der Waals surface area contributed by atoms with E-state index in [0.717, 1.165) is 70.7 Å². The Hall–Kier alpha value is -3.64. The number of nitrogens with zero attached hydrogens (tertiary/aromatic N) is 2. The second kappa shape index (κ2) is 9.08. The fraction of sp³-hybridized carbons (Fsp3) is 0.185. The van der Waals surface area contributed by atoms with E-state index >= 15 is 0 Å². The smallest absolute Gasteiger partial charge is 0.307 e. The monoisotopic (exact) mass is 455 g/mol. The molecule has 3 aromatic carbocycles. The fourth-order valence-electron chi connectivity index (χ4n) is 4.24. The molecule has 2 aromatic heterocycles. The largest absolute Gasteiger partial charge is 0.493 e. The summed E-state index contributed by atoms with van der Waals surface area (Å²) in [7, 11) is 0. The van der Waals surface area contributed by atoms with Crippen LogP contribution in [0.15, 0.2) is 77.6 Å². The summed E-state index contributed by atoms with van der Waals surface area (Å²) >= 11 is 1.02. The van der Waals surface area contributed by atoms with Crippen molar-refractivity contribution in [2.24, 2.45) is 0 Å². The van der Waals surface area contributed by atoms with Crippen LogP contribution in [0.1, 0.15) is 31.2 Å². The summed E-state index contributed by atoms with van der Waals surface area (Å²) in [6, 6.07) is 24.6. The second-order valence-corrected chi connectivity index (χ2v) is 9.12. The fourth-order valence-corrected chi connectivity index (χ4v) is 5.00. The van der Waals surface area contributed by atoms with Gasteiger partial charge in [0.15, 0.2) is 0 Å². The molecule has 0 amide bonds. The predicted molar refractivity (Wildman–Crippen MR) is 135 cm³/mol. The van der Waals surface area contributed by atoms with Crippen LogP contribution in [0.4, 0.5) is 0 Å². The van der Waals surface area contributed by atoms with Crippen molar-refractivity contribution in [1.82, 2.24) is 14.5 Å². The number of imidazole rings is 1. The number of aryl methyl sites for hydroxylation is 1. The Morgan fingerprint density at radius 2 is 1.70 bits per heavy atom. The van der Waals surface area contributed by atoms with Crippen LogP contribution in [0.3, 0.4) is 0 Å². The number of rotatable bonds is 7. The molecule has 0 radical (unpaired) electrons. The number of benzene rings is 3. The van der Waals surface area contributed by atoms with E-state index in [1.54, 1.807) is 0 Å². The van der Waals surface area contributed by atoms with Crippen molar-refractivity contribution in [2.45, 2.75) is 32.7 Å². The summed E-state index contributed by atoms with van der Waals surface area (Å²) < 4.78 is 2.32. The zero-order valence-corrected chi connectivity index (χ0v) is 19.2. The van der Waals surface area contributed by atoms with Gasteiger partial charge >= 0.3 is 4.87 Å². The van der Waals surface area contributed by atoms with Gasteiger partial charge in [-0.3, -0.25) is 9.78 Å². The molecule has 166 valence electrons. The van der Waals surface area contributed by atoms with Crippen LogP contribution in [0, 0.1) is 0 Å². The quantitative estimate of drug-likeness (QED) is 0.306. The highest BCUT2D eigenvalue weighted by molar-refractivity contribution is 7.13. The maximum atomic E-state index is 11.7. The van der Waals surface area contributed by atoms with Gasteiger partial charge in [0, 0.05) is 18.5 Å². The van der Waals surface area contributed by atoms with Crippen LogP contribution in [-0.2, 0) is 13.0 Å². The third kappa shape index (κ3) is 4.22. The number of hydrogen-bond acceptors (Lipinski definition) is 4. The first-order chi connectivity index (χ1) is 16.1.